The summed E-state index contributed by atoms with van der Waals surface area (Å²) >= 11 is 0. The summed E-state index contributed by atoms with van der Waals surface area (Å²) in [5.74, 6) is 0.550. The third kappa shape index (κ3) is 6.65. The van der Waals surface area contributed by atoms with Crippen molar-refractivity contribution in [3.63, 3.8) is 0 Å². The molecule has 0 unspecified atom stereocenters. The van der Waals surface area contributed by atoms with Gasteiger partial charge in [0.1, 0.15) is 12.4 Å². The second-order valence-electron chi connectivity index (χ2n) is 9.63. The molecular formula is C33H33N3O3. The maximum absolute atomic E-state index is 12.9. The quantitative estimate of drug-likeness (QED) is 0.308. The van der Waals surface area contributed by atoms with Gasteiger partial charge < -0.3 is 19.9 Å². The Morgan fingerprint density at radius 1 is 0.744 bits per heavy atom. The Morgan fingerprint density at radius 2 is 1.46 bits per heavy atom. The van der Waals surface area contributed by atoms with Gasteiger partial charge in [0.25, 0.3) is 11.8 Å². The third-order valence-electron chi connectivity index (χ3n) is 7.01. The summed E-state index contributed by atoms with van der Waals surface area (Å²) < 4.78 is 5.86. The Morgan fingerprint density at radius 3 is 2.15 bits per heavy atom. The maximum Gasteiger partial charge on any atom is 0.255 e. The second kappa shape index (κ2) is 12.3. The van der Waals surface area contributed by atoms with Crippen molar-refractivity contribution < 1.29 is 14.3 Å². The van der Waals surface area contributed by atoms with Crippen LogP contribution in [0.4, 0.5) is 11.4 Å². The first-order chi connectivity index (χ1) is 19.1. The first kappa shape index (κ1) is 26.0. The molecule has 1 fully saturated rings. The van der Waals surface area contributed by atoms with Crippen LogP contribution in [-0.2, 0) is 13.0 Å². The fourth-order valence-corrected chi connectivity index (χ4v) is 4.66. The molecule has 1 heterocycles. The molecule has 1 aliphatic rings. The molecule has 0 atom stereocenters. The molecule has 0 bridgehead atoms. The van der Waals surface area contributed by atoms with Gasteiger partial charge in [0, 0.05) is 48.7 Å². The number of amides is 2. The van der Waals surface area contributed by atoms with E-state index in [9.17, 15) is 9.59 Å². The smallest absolute Gasteiger partial charge is 0.255 e. The van der Waals surface area contributed by atoms with Crippen LogP contribution in [0.3, 0.4) is 0 Å². The minimum atomic E-state index is -0.188. The Balaban J connectivity index is 1.13. The molecule has 0 saturated carbocycles. The molecule has 1 aliphatic heterocycles. The second-order valence-corrected chi connectivity index (χ2v) is 9.63. The molecule has 4 aromatic rings. The lowest BCUT2D eigenvalue weighted by Crippen LogP contribution is -2.48. The van der Waals surface area contributed by atoms with Crippen molar-refractivity contribution in [2.24, 2.45) is 0 Å². The van der Waals surface area contributed by atoms with E-state index in [2.05, 4.69) is 17.1 Å². The molecular weight excluding hydrogens is 486 g/mol. The third-order valence-corrected chi connectivity index (χ3v) is 7.01. The van der Waals surface area contributed by atoms with Crippen molar-refractivity contribution in [1.82, 2.24) is 4.90 Å². The van der Waals surface area contributed by atoms with Crippen LogP contribution in [0.15, 0.2) is 103 Å². The number of carbonyl (C=O) groups excluding carboxylic acids is 2. The van der Waals surface area contributed by atoms with Gasteiger partial charge in [-0.05, 0) is 72.1 Å². The van der Waals surface area contributed by atoms with E-state index < -0.39 is 0 Å². The van der Waals surface area contributed by atoms with Gasteiger partial charge in [-0.25, -0.2) is 0 Å². The molecule has 39 heavy (non-hydrogen) atoms. The lowest BCUT2D eigenvalue weighted by molar-refractivity contribution is 0.0746. The maximum atomic E-state index is 12.9. The standard InChI is InChI=1S/C33H33N3O3/c1-2-25-11-13-27(14-12-25)33(38)36-21-19-35(20-22-36)30-17-15-29(16-18-30)34-32(37)28-9-6-10-31(23-28)39-24-26-7-4-3-5-8-26/h3-18,23H,2,19-22,24H2,1H3,(H,34,37). The highest BCUT2D eigenvalue weighted by molar-refractivity contribution is 6.04. The number of aryl methyl sites for hydroxylation is 1. The first-order valence-corrected chi connectivity index (χ1v) is 13.4. The average molecular weight is 520 g/mol. The lowest BCUT2D eigenvalue weighted by atomic mass is 10.1. The van der Waals surface area contributed by atoms with Gasteiger partial charge in [0.2, 0.25) is 0 Å². The predicted octanol–water partition coefficient (Wildman–Crippen LogP) is 6.04. The summed E-state index contributed by atoms with van der Waals surface area (Å²) in [4.78, 5) is 29.9. The SMILES string of the molecule is CCc1ccc(C(=O)N2CCN(c3ccc(NC(=O)c4cccc(OCc5ccccc5)c4)cc3)CC2)cc1. The van der Waals surface area contributed by atoms with Crippen molar-refractivity contribution in [3.05, 3.63) is 125 Å². The van der Waals surface area contributed by atoms with Crippen LogP contribution in [0.2, 0.25) is 0 Å². The topological polar surface area (TPSA) is 61.9 Å². The average Bonchev–Trinajstić information content (AvgIpc) is 3.01. The van der Waals surface area contributed by atoms with Crippen LogP contribution in [0.1, 0.15) is 38.8 Å². The number of hydrogen-bond donors (Lipinski definition) is 1. The molecule has 0 aliphatic carbocycles. The van der Waals surface area contributed by atoms with E-state index in [-0.39, 0.29) is 11.8 Å². The molecule has 2 amide bonds. The summed E-state index contributed by atoms with van der Waals surface area (Å²) in [5.41, 5.74) is 5.38. The molecule has 4 aromatic carbocycles. The normalized spacial score (nSPS) is 13.2. The van der Waals surface area contributed by atoms with E-state index >= 15 is 0 Å². The largest absolute Gasteiger partial charge is 0.489 e. The summed E-state index contributed by atoms with van der Waals surface area (Å²) in [6.45, 7) is 5.44. The minimum absolute atomic E-state index is 0.0879. The number of hydrogen-bond acceptors (Lipinski definition) is 4. The summed E-state index contributed by atoms with van der Waals surface area (Å²) in [5, 5.41) is 2.97. The molecule has 198 valence electrons. The van der Waals surface area contributed by atoms with Crippen LogP contribution in [0.25, 0.3) is 0 Å². The van der Waals surface area contributed by atoms with Crippen LogP contribution < -0.4 is 15.0 Å². The lowest BCUT2D eigenvalue weighted by Gasteiger charge is -2.36. The Labute approximate surface area is 229 Å². The van der Waals surface area contributed by atoms with Crippen molar-refractivity contribution in [1.29, 1.82) is 0 Å². The molecule has 0 spiro atoms. The van der Waals surface area contributed by atoms with E-state index in [0.29, 0.717) is 31.0 Å². The van der Waals surface area contributed by atoms with Crippen LogP contribution >= 0.6 is 0 Å². The van der Waals surface area contributed by atoms with Gasteiger partial charge in [-0.2, -0.15) is 0 Å². The van der Waals surface area contributed by atoms with Gasteiger partial charge >= 0.3 is 0 Å². The molecule has 6 nitrogen and oxygen atoms in total. The van der Waals surface area contributed by atoms with Gasteiger partial charge in [-0.1, -0.05) is 55.5 Å². The fourth-order valence-electron chi connectivity index (χ4n) is 4.66. The van der Waals surface area contributed by atoms with E-state index in [0.717, 1.165) is 42.0 Å². The highest BCUT2D eigenvalue weighted by atomic mass is 16.5. The Hall–Kier alpha value is -4.58. The highest BCUT2D eigenvalue weighted by Gasteiger charge is 2.22. The Bertz CT molecular complexity index is 1390. The summed E-state index contributed by atoms with van der Waals surface area (Å²) in [6.07, 6.45) is 0.965. The number of ether oxygens (including phenoxy) is 1. The number of rotatable bonds is 8. The predicted molar refractivity (Wildman–Crippen MR) is 156 cm³/mol. The van der Waals surface area contributed by atoms with Crippen LogP contribution in [0.5, 0.6) is 5.75 Å². The van der Waals surface area contributed by atoms with Gasteiger partial charge in [0.05, 0.1) is 0 Å². The molecule has 1 saturated heterocycles. The summed E-state index contributed by atoms with van der Waals surface area (Å²) in [7, 11) is 0. The minimum Gasteiger partial charge on any atom is -0.489 e. The number of nitrogens with one attached hydrogen (secondary N) is 1. The molecule has 5 rings (SSSR count). The zero-order valence-electron chi connectivity index (χ0n) is 22.2. The Kier molecular flexibility index (Phi) is 8.22. The van der Waals surface area contributed by atoms with Crippen LogP contribution in [-0.4, -0.2) is 42.9 Å². The number of carbonyl (C=O) groups is 2. The van der Waals surface area contributed by atoms with Crippen LogP contribution in [0, 0.1) is 0 Å². The number of benzene rings is 4. The molecule has 0 aromatic heterocycles. The van der Waals surface area contributed by atoms with E-state index in [1.807, 2.05) is 95.9 Å². The van der Waals surface area contributed by atoms with Crippen molar-refractivity contribution in [2.45, 2.75) is 20.0 Å². The van der Waals surface area contributed by atoms with Crippen molar-refractivity contribution >= 4 is 23.2 Å². The molecule has 6 heteroatoms. The monoisotopic (exact) mass is 519 g/mol. The van der Waals surface area contributed by atoms with E-state index in [1.54, 1.807) is 12.1 Å². The van der Waals surface area contributed by atoms with Gasteiger partial charge in [0.15, 0.2) is 0 Å². The number of anilines is 2. The van der Waals surface area contributed by atoms with Gasteiger partial charge in [-0.15, -0.1) is 0 Å². The number of piperazine rings is 1. The first-order valence-electron chi connectivity index (χ1n) is 13.4. The fraction of sp³-hybridized carbons (Fsp3) is 0.212. The van der Waals surface area contributed by atoms with Gasteiger partial charge in [-0.3, -0.25) is 9.59 Å². The van der Waals surface area contributed by atoms with E-state index in [4.69, 9.17) is 4.74 Å². The molecule has 0 radical (unpaired) electrons. The highest BCUT2D eigenvalue weighted by Crippen LogP contribution is 2.22. The van der Waals surface area contributed by atoms with E-state index in [1.165, 1.54) is 5.56 Å². The zero-order valence-corrected chi connectivity index (χ0v) is 22.2. The van der Waals surface area contributed by atoms with Crippen molar-refractivity contribution in [3.8, 4) is 5.75 Å². The zero-order chi connectivity index (χ0) is 27.0. The molecule has 1 N–H and O–H groups in total. The number of nitrogens with zero attached hydrogens (tertiary/aromatic N) is 2. The summed E-state index contributed by atoms with van der Waals surface area (Å²) in [6, 6.07) is 32.9. The van der Waals surface area contributed by atoms with Crippen molar-refractivity contribution in [2.75, 3.05) is 36.4 Å².